The average molecular weight is 448 g/mol. The molecule has 9 heteroatoms. The SMILES string of the molecule is CCOC(=O)C1CCN(C(=O)CN(C)C(=O)c2ccc(NC(=O)OC(C)(C)C)cc2)CC1. The van der Waals surface area contributed by atoms with E-state index in [0.29, 0.717) is 43.8 Å². The fourth-order valence-corrected chi connectivity index (χ4v) is 3.34. The molecule has 1 N–H and O–H groups in total. The number of amides is 3. The molecule has 1 aliphatic heterocycles. The maximum Gasteiger partial charge on any atom is 0.412 e. The highest BCUT2D eigenvalue weighted by Gasteiger charge is 2.29. The zero-order chi connectivity index (χ0) is 23.9. The molecule has 176 valence electrons. The Balaban J connectivity index is 1.85. The number of nitrogens with one attached hydrogen (secondary N) is 1. The third-order valence-electron chi connectivity index (χ3n) is 4.96. The predicted molar refractivity (Wildman–Crippen MR) is 119 cm³/mol. The number of benzene rings is 1. The number of carbonyl (C=O) groups excluding carboxylic acids is 4. The van der Waals surface area contributed by atoms with Gasteiger partial charge < -0.3 is 19.3 Å². The maximum atomic E-state index is 12.7. The summed E-state index contributed by atoms with van der Waals surface area (Å²) in [5.41, 5.74) is 0.290. The second-order valence-electron chi connectivity index (χ2n) is 8.77. The molecule has 9 nitrogen and oxygen atoms in total. The summed E-state index contributed by atoms with van der Waals surface area (Å²) in [5.74, 6) is -0.849. The molecule has 1 saturated heterocycles. The monoisotopic (exact) mass is 447 g/mol. The molecule has 0 radical (unpaired) electrons. The Morgan fingerprint density at radius 3 is 2.22 bits per heavy atom. The standard InChI is InChI=1S/C23H33N3O6/c1-6-31-21(29)17-11-13-26(14-12-17)19(27)15-25(5)20(28)16-7-9-18(10-8-16)24-22(30)32-23(2,3)4/h7-10,17H,6,11-15H2,1-5H3,(H,24,30). The minimum absolute atomic E-state index is 0.0547. The fourth-order valence-electron chi connectivity index (χ4n) is 3.34. The van der Waals surface area contributed by atoms with Crippen LogP contribution in [-0.4, -0.2) is 72.6 Å². The lowest BCUT2D eigenvalue weighted by Gasteiger charge is -2.32. The molecule has 3 amide bonds. The molecule has 1 aromatic rings. The molecule has 0 aromatic heterocycles. The Morgan fingerprint density at radius 1 is 1.09 bits per heavy atom. The smallest absolute Gasteiger partial charge is 0.412 e. The van der Waals surface area contributed by atoms with Crippen LogP contribution in [0.5, 0.6) is 0 Å². The van der Waals surface area contributed by atoms with Gasteiger partial charge in [-0.05, 0) is 64.8 Å². The van der Waals surface area contributed by atoms with E-state index in [1.54, 1.807) is 63.9 Å². The molecule has 0 aliphatic carbocycles. The number of rotatable bonds is 6. The van der Waals surface area contributed by atoms with Crippen molar-refractivity contribution in [2.24, 2.45) is 5.92 Å². The molecule has 32 heavy (non-hydrogen) atoms. The van der Waals surface area contributed by atoms with Gasteiger partial charge >= 0.3 is 12.1 Å². The lowest BCUT2D eigenvalue weighted by atomic mass is 9.97. The van der Waals surface area contributed by atoms with E-state index >= 15 is 0 Å². The third kappa shape index (κ3) is 7.55. The second-order valence-corrected chi connectivity index (χ2v) is 8.77. The second kappa shape index (κ2) is 11.0. The molecule has 1 aliphatic rings. The van der Waals surface area contributed by atoms with E-state index in [9.17, 15) is 19.2 Å². The first-order valence-corrected chi connectivity index (χ1v) is 10.8. The predicted octanol–water partition coefficient (Wildman–Crippen LogP) is 2.91. The van der Waals surface area contributed by atoms with Gasteiger partial charge in [0.2, 0.25) is 5.91 Å². The number of ether oxygens (including phenoxy) is 2. The molecular weight excluding hydrogens is 414 g/mol. The number of anilines is 1. The molecule has 0 spiro atoms. The summed E-state index contributed by atoms with van der Waals surface area (Å²) in [6.45, 7) is 8.32. The van der Waals surface area contributed by atoms with Crippen LogP contribution < -0.4 is 5.32 Å². The van der Waals surface area contributed by atoms with Gasteiger partial charge in [-0.2, -0.15) is 0 Å². The first-order chi connectivity index (χ1) is 15.0. The third-order valence-corrected chi connectivity index (χ3v) is 4.96. The summed E-state index contributed by atoms with van der Waals surface area (Å²) in [6, 6.07) is 6.38. The van der Waals surface area contributed by atoms with Gasteiger partial charge in [0.1, 0.15) is 5.60 Å². The minimum atomic E-state index is -0.608. The first-order valence-electron chi connectivity index (χ1n) is 10.8. The molecule has 0 saturated carbocycles. The number of likely N-dealkylation sites (N-methyl/N-ethyl adjacent to an activating group) is 1. The van der Waals surface area contributed by atoms with Crippen LogP contribution in [0, 0.1) is 5.92 Å². The van der Waals surface area contributed by atoms with Gasteiger partial charge in [0, 0.05) is 31.4 Å². The Labute approximate surface area is 189 Å². The van der Waals surface area contributed by atoms with E-state index in [4.69, 9.17) is 9.47 Å². The van der Waals surface area contributed by atoms with Crippen molar-refractivity contribution in [2.45, 2.75) is 46.1 Å². The molecule has 0 unspecified atom stereocenters. The molecule has 0 atom stereocenters. The largest absolute Gasteiger partial charge is 0.466 e. The Hall–Kier alpha value is -3.10. The highest BCUT2D eigenvalue weighted by Crippen LogP contribution is 2.19. The fraction of sp³-hybridized carbons (Fsp3) is 0.565. The van der Waals surface area contributed by atoms with Gasteiger partial charge in [-0.3, -0.25) is 19.7 Å². The van der Waals surface area contributed by atoms with Gasteiger partial charge in [0.05, 0.1) is 19.1 Å². The Bertz CT molecular complexity index is 823. The van der Waals surface area contributed by atoms with Gasteiger partial charge in [-0.15, -0.1) is 0 Å². The molecule has 1 heterocycles. The molecule has 2 rings (SSSR count). The van der Waals surface area contributed by atoms with Crippen molar-refractivity contribution in [3.8, 4) is 0 Å². The molecule has 1 aromatic carbocycles. The zero-order valence-electron chi connectivity index (χ0n) is 19.5. The summed E-state index contributed by atoms with van der Waals surface area (Å²) in [7, 11) is 1.57. The van der Waals surface area contributed by atoms with Crippen molar-refractivity contribution in [1.82, 2.24) is 9.80 Å². The number of likely N-dealkylation sites (tertiary alicyclic amines) is 1. The number of esters is 1. The summed E-state index contributed by atoms with van der Waals surface area (Å²) in [5, 5.41) is 2.61. The molecular formula is C23H33N3O6. The van der Waals surface area contributed by atoms with Crippen molar-refractivity contribution in [3.63, 3.8) is 0 Å². The summed E-state index contributed by atoms with van der Waals surface area (Å²) in [6.07, 6.45) is 0.550. The number of hydrogen-bond donors (Lipinski definition) is 1. The van der Waals surface area contributed by atoms with E-state index < -0.39 is 11.7 Å². The van der Waals surface area contributed by atoms with Gasteiger partial charge in [0.15, 0.2) is 0 Å². The van der Waals surface area contributed by atoms with Crippen LogP contribution in [0.1, 0.15) is 50.9 Å². The Kier molecular flexibility index (Phi) is 8.63. The quantitative estimate of drug-likeness (QED) is 0.673. The minimum Gasteiger partial charge on any atom is -0.466 e. The van der Waals surface area contributed by atoms with Crippen LogP contribution >= 0.6 is 0 Å². The lowest BCUT2D eigenvalue weighted by molar-refractivity contribution is -0.151. The highest BCUT2D eigenvalue weighted by molar-refractivity contribution is 5.97. The van der Waals surface area contributed by atoms with Crippen LogP contribution in [0.25, 0.3) is 0 Å². The van der Waals surface area contributed by atoms with Crippen molar-refractivity contribution in [3.05, 3.63) is 29.8 Å². The van der Waals surface area contributed by atoms with E-state index in [2.05, 4.69) is 5.32 Å². The van der Waals surface area contributed by atoms with Gasteiger partial charge in [-0.1, -0.05) is 0 Å². The van der Waals surface area contributed by atoms with E-state index in [1.165, 1.54) is 4.90 Å². The summed E-state index contributed by atoms with van der Waals surface area (Å²) < 4.78 is 10.2. The number of hydrogen-bond acceptors (Lipinski definition) is 6. The van der Waals surface area contributed by atoms with Crippen molar-refractivity contribution in [1.29, 1.82) is 0 Å². The molecule has 1 fully saturated rings. The Morgan fingerprint density at radius 2 is 1.69 bits per heavy atom. The van der Waals surface area contributed by atoms with Crippen LogP contribution in [0.15, 0.2) is 24.3 Å². The maximum absolute atomic E-state index is 12.7. The van der Waals surface area contributed by atoms with Crippen LogP contribution in [0.4, 0.5) is 10.5 Å². The van der Waals surface area contributed by atoms with E-state index in [0.717, 1.165) is 0 Å². The number of carbonyl (C=O) groups is 4. The molecule has 0 bridgehead atoms. The number of piperidine rings is 1. The summed E-state index contributed by atoms with van der Waals surface area (Å²) in [4.78, 5) is 52.0. The van der Waals surface area contributed by atoms with E-state index in [-0.39, 0.29) is 30.2 Å². The van der Waals surface area contributed by atoms with Crippen LogP contribution in [0.3, 0.4) is 0 Å². The summed E-state index contributed by atoms with van der Waals surface area (Å²) >= 11 is 0. The highest BCUT2D eigenvalue weighted by atomic mass is 16.6. The van der Waals surface area contributed by atoms with Crippen LogP contribution in [-0.2, 0) is 19.1 Å². The van der Waals surface area contributed by atoms with Crippen molar-refractivity contribution < 1.29 is 28.7 Å². The van der Waals surface area contributed by atoms with Crippen molar-refractivity contribution in [2.75, 3.05) is 38.6 Å². The zero-order valence-corrected chi connectivity index (χ0v) is 19.5. The van der Waals surface area contributed by atoms with Crippen LogP contribution in [0.2, 0.25) is 0 Å². The van der Waals surface area contributed by atoms with Crippen molar-refractivity contribution >= 4 is 29.6 Å². The average Bonchev–Trinajstić information content (AvgIpc) is 2.72. The first kappa shape index (κ1) is 25.2. The topological polar surface area (TPSA) is 105 Å². The lowest BCUT2D eigenvalue weighted by Crippen LogP contribution is -2.45. The van der Waals surface area contributed by atoms with Gasteiger partial charge in [-0.25, -0.2) is 4.79 Å². The van der Waals surface area contributed by atoms with E-state index in [1.807, 2.05) is 0 Å². The van der Waals surface area contributed by atoms with Gasteiger partial charge in [0.25, 0.3) is 5.91 Å². The number of nitrogens with zero attached hydrogens (tertiary/aromatic N) is 2. The normalized spacial score (nSPS) is 14.5.